The monoisotopic (exact) mass is 358 g/mol. The predicted octanol–water partition coefficient (Wildman–Crippen LogP) is 3.22. The highest BCUT2D eigenvalue weighted by molar-refractivity contribution is 5.92. The van der Waals surface area contributed by atoms with E-state index in [0.29, 0.717) is 48.7 Å². The van der Waals surface area contributed by atoms with Gasteiger partial charge in [-0.05, 0) is 42.3 Å². The number of urea groups is 1. The molecule has 0 spiro atoms. The molecule has 6 nitrogen and oxygen atoms in total. The van der Waals surface area contributed by atoms with Crippen molar-refractivity contribution in [3.8, 4) is 11.3 Å². The number of carbonyl (C=O) groups excluding carboxylic acids is 1. The van der Waals surface area contributed by atoms with Crippen molar-refractivity contribution in [3.63, 3.8) is 0 Å². The second kappa shape index (κ2) is 7.70. The Kier molecular flexibility index (Phi) is 5.37. The number of ether oxygens (including phenoxy) is 1. The summed E-state index contributed by atoms with van der Waals surface area (Å²) in [6, 6.07) is 9.20. The highest BCUT2D eigenvalue weighted by Gasteiger charge is 2.32. The smallest absolute Gasteiger partial charge is 0.323 e. The van der Waals surface area contributed by atoms with Gasteiger partial charge in [-0.2, -0.15) is 0 Å². The molecule has 2 aromatic rings. The topological polar surface area (TPSA) is 80.5 Å². The minimum Gasteiger partial charge on any atom is -0.396 e. The summed E-state index contributed by atoms with van der Waals surface area (Å²) in [5.74, 6) is 0.685. The van der Waals surface area contributed by atoms with E-state index in [-0.39, 0.29) is 11.8 Å². The van der Waals surface area contributed by atoms with Crippen LogP contribution in [0.3, 0.4) is 0 Å². The van der Waals surface area contributed by atoms with E-state index >= 15 is 0 Å². The standard InChI is InChI=1S/C19H23FN4O2/c1-12-9-24(10-14(12)11-26-2)19(25)23-18-16(21)7-8-17(22-18)13-3-5-15(20)6-4-13/h3-8,12,14H,9-11,21H2,1-2H3,(H,22,23,25)/t12-,14-/m1/s1. The molecule has 1 aliphatic heterocycles. The minimum atomic E-state index is -0.313. The number of nitrogens with two attached hydrogens (primary N) is 1. The molecule has 1 saturated heterocycles. The number of rotatable bonds is 4. The normalized spacial score (nSPS) is 19.6. The quantitative estimate of drug-likeness (QED) is 0.879. The lowest BCUT2D eigenvalue weighted by atomic mass is 10.00. The van der Waals surface area contributed by atoms with Gasteiger partial charge in [0.15, 0.2) is 5.82 Å². The lowest BCUT2D eigenvalue weighted by Gasteiger charge is -2.18. The van der Waals surface area contributed by atoms with Gasteiger partial charge in [0.1, 0.15) is 5.82 Å². The van der Waals surface area contributed by atoms with Crippen molar-refractivity contribution in [2.45, 2.75) is 6.92 Å². The van der Waals surface area contributed by atoms with E-state index < -0.39 is 0 Å². The number of benzene rings is 1. The first-order valence-corrected chi connectivity index (χ1v) is 8.55. The summed E-state index contributed by atoms with van der Waals surface area (Å²) in [7, 11) is 1.67. The van der Waals surface area contributed by atoms with Gasteiger partial charge in [0, 0.05) is 31.7 Å². The number of methoxy groups -OCH3 is 1. The van der Waals surface area contributed by atoms with Gasteiger partial charge in [0.2, 0.25) is 0 Å². The van der Waals surface area contributed by atoms with Gasteiger partial charge in [-0.15, -0.1) is 0 Å². The molecule has 1 fully saturated rings. The maximum Gasteiger partial charge on any atom is 0.323 e. The Morgan fingerprint density at radius 2 is 2.04 bits per heavy atom. The molecule has 0 aliphatic carbocycles. The molecule has 0 radical (unpaired) electrons. The first-order chi connectivity index (χ1) is 12.5. The van der Waals surface area contributed by atoms with Crippen molar-refractivity contribution in [1.29, 1.82) is 0 Å². The zero-order valence-corrected chi connectivity index (χ0v) is 14.9. The lowest BCUT2D eigenvalue weighted by molar-refractivity contribution is 0.141. The molecule has 2 heterocycles. The number of nitrogen functional groups attached to an aromatic ring is 1. The number of nitrogens with one attached hydrogen (secondary N) is 1. The number of nitrogens with zero attached hydrogens (tertiary/aromatic N) is 2. The number of pyridine rings is 1. The van der Waals surface area contributed by atoms with Gasteiger partial charge in [0.05, 0.1) is 18.0 Å². The Balaban J connectivity index is 1.74. The third-order valence-corrected chi connectivity index (χ3v) is 4.73. The van der Waals surface area contributed by atoms with Crippen LogP contribution in [0.4, 0.5) is 20.7 Å². The molecular weight excluding hydrogens is 335 g/mol. The average Bonchev–Trinajstić information content (AvgIpc) is 2.99. The summed E-state index contributed by atoms with van der Waals surface area (Å²) in [6.45, 7) is 4.04. The van der Waals surface area contributed by atoms with Crippen LogP contribution in [0.2, 0.25) is 0 Å². The number of hydrogen-bond donors (Lipinski definition) is 2. The first kappa shape index (κ1) is 18.1. The van der Waals surface area contributed by atoms with Crippen LogP contribution in [0, 0.1) is 17.7 Å². The predicted molar refractivity (Wildman–Crippen MR) is 99.2 cm³/mol. The summed E-state index contributed by atoms with van der Waals surface area (Å²) in [5.41, 5.74) is 7.70. The fourth-order valence-electron chi connectivity index (χ4n) is 3.16. The Bertz CT molecular complexity index is 782. The molecule has 138 valence electrons. The molecule has 3 N–H and O–H groups in total. The highest BCUT2D eigenvalue weighted by Crippen LogP contribution is 2.26. The van der Waals surface area contributed by atoms with E-state index in [9.17, 15) is 9.18 Å². The molecule has 1 aliphatic rings. The minimum absolute atomic E-state index is 0.231. The van der Waals surface area contributed by atoms with E-state index in [2.05, 4.69) is 17.2 Å². The SMILES string of the molecule is COC[C@H]1CN(C(=O)Nc2nc(-c3ccc(F)cc3)ccc2N)C[C@H]1C. The van der Waals surface area contributed by atoms with Crippen LogP contribution in [-0.4, -0.2) is 42.7 Å². The third kappa shape index (κ3) is 3.94. The Morgan fingerprint density at radius 1 is 1.31 bits per heavy atom. The zero-order chi connectivity index (χ0) is 18.7. The number of hydrogen-bond acceptors (Lipinski definition) is 4. The van der Waals surface area contributed by atoms with Crippen molar-refractivity contribution >= 4 is 17.5 Å². The van der Waals surface area contributed by atoms with Crippen LogP contribution in [0.1, 0.15) is 6.92 Å². The largest absolute Gasteiger partial charge is 0.396 e. The molecule has 26 heavy (non-hydrogen) atoms. The molecule has 3 rings (SSSR count). The number of anilines is 2. The second-order valence-corrected chi connectivity index (χ2v) is 6.67. The summed E-state index contributed by atoms with van der Waals surface area (Å²) in [4.78, 5) is 18.8. The number of carbonyl (C=O) groups is 1. The van der Waals surface area contributed by atoms with E-state index in [1.807, 2.05) is 0 Å². The third-order valence-electron chi connectivity index (χ3n) is 4.73. The zero-order valence-electron chi connectivity index (χ0n) is 14.9. The molecule has 7 heteroatoms. The average molecular weight is 358 g/mol. The summed E-state index contributed by atoms with van der Waals surface area (Å²) in [5, 5.41) is 2.79. The van der Waals surface area contributed by atoms with Crippen molar-refractivity contribution in [2.24, 2.45) is 11.8 Å². The van der Waals surface area contributed by atoms with Crippen LogP contribution in [0.15, 0.2) is 36.4 Å². The number of amides is 2. The van der Waals surface area contributed by atoms with Crippen LogP contribution >= 0.6 is 0 Å². The summed E-state index contributed by atoms with van der Waals surface area (Å²) < 4.78 is 18.3. The van der Waals surface area contributed by atoms with Crippen LogP contribution in [0.25, 0.3) is 11.3 Å². The molecule has 1 aromatic carbocycles. The number of likely N-dealkylation sites (tertiary alicyclic amines) is 1. The van der Waals surface area contributed by atoms with Gasteiger partial charge in [-0.1, -0.05) is 6.92 Å². The molecule has 0 saturated carbocycles. The van der Waals surface area contributed by atoms with Crippen molar-refractivity contribution in [1.82, 2.24) is 9.88 Å². The van der Waals surface area contributed by atoms with E-state index in [0.717, 1.165) is 5.56 Å². The number of halogens is 1. The van der Waals surface area contributed by atoms with E-state index in [4.69, 9.17) is 10.5 Å². The summed E-state index contributed by atoms with van der Waals surface area (Å²) in [6.07, 6.45) is 0. The van der Waals surface area contributed by atoms with Crippen LogP contribution in [0.5, 0.6) is 0 Å². The molecular formula is C19H23FN4O2. The fourth-order valence-corrected chi connectivity index (χ4v) is 3.16. The molecule has 1 aromatic heterocycles. The maximum atomic E-state index is 13.1. The van der Waals surface area contributed by atoms with Crippen LogP contribution in [-0.2, 0) is 4.74 Å². The first-order valence-electron chi connectivity index (χ1n) is 8.55. The van der Waals surface area contributed by atoms with Gasteiger partial charge in [-0.25, -0.2) is 14.2 Å². The molecule has 2 atom stereocenters. The Morgan fingerprint density at radius 3 is 2.73 bits per heavy atom. The second-order valence-electron chi connectivity index (χ2n) is 6.67. The van der Waals surface area contributed by atoms with E-state index in [1.165, 1.54) is 12.1 Å². The number of aromatic nitrogens is 1. The highest BCUT2D eigenvalue weighted by atomic mass is 19.1. The molecule has 0 bridgehead atoms. The van der Waals surface area contributed by atoms with Crippen molar-refractivity contribution in [3.05, 3.63) is 42.2 Å². The van der Waals surface area contributed by atoms with Gasteiger partial charge in [0.25, 0.3) is 0 Å². The summed E-state index contributed by atoms with van der Waals surface area (Å²) >= 11 is 0. The van der Waals surface area contributed by atoms with Crippen LogP contribution < -0.4 is 11.1 Å². The lowest BCUT2D eigenvalue weighted by Crippen LogP contribution is -2.34. The van der Waals surface area contributed by atoms with E-state index in [1.54, 1.807) is 36.3 Å². The van der Waals surface area contributed by atoms with Crippen molar-refractivity contribution in [2.75, 3.05) is 37.9 Å². The molecule has 0 unspecified atom stereocenters. The molecule has 2 amide bonds. The van der Waals surface area contributed by atoms with Gasteiger partial charge < -0.3 is 15.4 Å². The fraction of sp³-hybridized carbons (Fsp3) is 0.368. The van der Waals surface area contributed by atoms with Crippen molar-refractivity contribution < 1.29 is 13.9 Å². The van der Waals surface area contributed by atoms with Gasteiger partial charge in [-0.3, -0.25) is 5.32 Å². The van der Waals surface area contributed by atoms with Gasteiger partial charge >= 0.3 is 6.03 Å². The Labute approximate surface area is 152 Å². The maximum absolute atomic E-state index is 13.1. The Hall–Kier alpha value is -2.67.